The summed E-state index contributed by atoms with van der Waals surface area (Å²) in [6.45, 7) is 5.47. The molecule has 29 heavy (non-hydrogen) atoms. The Morgan fingerprint density at radius 3 is 2.45 bits per heavy atom. The number of hydrogen-bond donors (Lipinski definition) is 1. The highest BCUT2D eigenvalue weighted by atomic mass is 35.5. The van der Waals surface area contributed by atoms with E-state index < -0.39 is 11.0 Å². The molecule has 0 aliphatic heterocycles. The maximum atomic E-state index is 13.1. The molecule has 0 bridgehead atoms. The van der Waals surface area contributed by atoms with Gasteiger partial charge in [-0.3, -0.25) is 19.7 Å². The molecule has 154 valence electrons. The van der Waals surface area contributed by atoms with Gasteiger partial charge in [-0.1, -0.05) is 41.9 Å². The predicted octanol–water partition coefficient (Wildman–Crippen LogP) is 3.73. The zero-order valence-corrected chi connectivity index (χ0v) is 17.3. The molecule has 0 saturated heterocycles. The number of rotatable bonds is 8. The molecule has 1 atom stereocenters. The second kappa shape index (κ2) is 10.0. The Balaban J connectivity index is 2.31. The highest BCUT2D eigenvalue weighted by Crippen LogP contribution is 2.21. The molecule has 0 heterocycles. The van der Waals surface area contributed by atoms with E-state index in [0.29, 0.717) is 10.6 Å². The molecule has 0 saturated carbocycles. The first-order valence-electron chi connectivity index (χ1n) is 9.25. The lowest BCUT2D eigenvalue weighted by Gasteiger charge is -2.29. The van der Waals surface area contributed by atoms with Crippen molar-refractivity contribution >= 4 is 29.1 Å². The first kappa shape index (κ1) is 22.4. The van der Waals surface area contributed by atoms with E-state index in [9.17, 15) is 19.7 Å². The Hall–Kier alpha value is -2.93. The fourth-order valence-electron chi connectivity index (χ4n) is 2.92. The highest BCUT2D eigenvalue weighted by molar-refractivity contribution is 6.30. The SMILES string of the molecule is CC(C)NC(=O)C(C)N(Cc1cccc(Cl)c1)C(=O)Cc1ccccc1[N+](=O)[O-]. The third kappa shape index (κ3) is 6.29. The average Bonchev–Trinajstić information content (AvgIpc) is 2.65. The summed E-state index contributed by atoms with van der Waals surface area (Å²) in [7, 11) is 0. The van der Waals surface area contributed by atoms with Gasteiger partial charge in [0.05, 0.1) is 11.3 Å². The van der Waals surface area contributed by atoms with Crippen molar-refractivity contribution in [3.05, 3.63) is 74.8 Å². The van der Waals surface area contributed by atoms with Crippen molar-refractivity contribution in [2.45, 2.75) is 45.8 Å². The van der Waals surface area contributed by atoms with Crippen LogP contribution in [0, 0.1) is 10.1 Å². The monoisotopic (exact) mass is 417 g/mol. The normalized spacial score (nSPS) is 11.8. The summed E-state index contributed by atoms with van der Waals surface area (Å²) in [6, 6.07) is 12.3. The van der Waals surface area contributed by atoms with Gasteiger partial charge in [-0.2, -0.15) is 0 Å². The quantitative estimate of drug-likeness (QED) is 0.523. The number of carbonyl (C=O) groups excluding carboxylic acids is 2. The summed E-state index contributed by atoms with van der Waals surface area (Å²) in [5.41, 5.74) is 0.940. The lowest BCUT2D eigenvalue weighted by atomic mass is 10.1. The molecular weight excluding hydrogens is 394 g/mol. The lowest BCUT2D eigenvalue weighted by Crippen LogP contribution is -2.49. The summed E-state index contributed by atoms with van der Waals surface area (Å²) in [5.74, 6) is -0.677. The summed E-state index contributed by atoms with van der Waals surface area (Å²) in [5, 5.41) is 14.6. The molecular formula is C21H24ClN3O4. The standard InChI is InChI=1S/C21H24ClN3O4/c1-14(2)23-21(27)15(3)24(13-16-7-6-9-18(22)11-16)20(26)12-17-8-4-5-10-19(17)25(28)29/h4-11,14-15H,12-13H2,1-3H3,(H,23,27). The topological polar surface area (TPSA) is 92.6 Å². The largest absolute Gasteiger partial charge is 0.352 e. The average molecular weight is 418 g/mol. The Bertz CT molecular complexity index is 901. The molecule has 0 aliphatic carbocycles. The van der Waals surface area contributed by atoms with Crippen LogP contribution in [-0.2, 0) is 22.6 Å². The van der Waals surface area contributed by atoms with E-state index in [0.717, 1.165) is 5.56 Å². The molecule has 0 radical (unpaired) electrons. The minimum absolute atomic E-state index is 0.0803. The molecule has 1 unspecified atom stereocenters. The van der Waals surface area contributed by atoms with Crippen molar-refractivity contribution in [2.24, 2.45) is 0 Å². The van der Waals surface area contributed by atoms with Gasteiger partial charge >= 0.3 is 0 Å². The van der Waals surface area contributed by atoms with Crippen LogP contribution in [0.3, 0.4) is 0 Å². The van der Waals surface area contributed by atoms with Gasteiger partial charge in [0, 0.05) is 29.2 Å². The zero-order chi connectivity index (χ0) is 21.6. The van der Waals surface area contributed by atoms with Crippen LogP contribution in [0.1, 0.15) is 31.9 Å². The van der Waals surface area contributed by atoms with Crippen LogP contribution in [0.25, 0.3) is 0 Å². The van der Waals surface area contributed by atoms with Crippen LogP contribution in [0.5, 0.6) is 0 Å². The van der Waals surface area contributed by atoms with Crippen molar-refractivity contribution in [3.63, 3.8) is 0 Å². The smallest absolute Gasteiger partial charge is 0.273 e. The van der Waals surface area contributed by atoms with Crippen LogP contribution < -0.4 is 5.32 Å². The second-order valence-corrected chi connectivity index (χ2v) is 7.49. The van der Waals surface area contributed by atoms with Gasteiger partial charge in [-0.25, -0.2) is 0 Å². The van der Waals surface area contributed by atoms with Crippen molar-refractivity contribution in [1.29, 1.82) is 0 Å². The number of hydrogen-bond acceptors (Lipinski definition) is 4. The molecule has 2 aromatic rings. The first-order valence-corrected chi connectivity index (χ1v) is 9.63. The Morgan fingerprint density at radius 1 is 1.14 bits per heavy atom. The summed E-state index contributed by atoms with van der Waals surface area (Å²) in [4.78, 5) is 37.8. The van der Waals surface area contributed by atoms with Crippen LogP contribution >= 0.6 is 11.6 Å². The van der Waals surface area contributed by atoms with Gasteiger partial charge in [-0.15, -0.1) is 0 Å². The van der Waals surface area contributed by atoms with Gasteiger partial charge in [0.2, 0.25) is 11.8 Å². The summed E-state index contributed by atoms with van der Waals surface area (Å²) < 4.78 is 0. The fourth-order valence-corrected chi connectivity index (χ4v) is 3.14. The third-order valence-corrected chi connectivity index (χ3v) is 4.61. The number of nitrogens with zero attached hydrogens (tertiary/aromatic N) is 2. The molecule has 1 N–H and O–H groups in total. The Labute approximate surface area is 174 Å². The van der Waals surface area contributed by atoms with E-state index >= 15 is 0 Å². The van der Waals surface area contributed by atoms with Crippen LogP contribution in [0.15, 0.2) is 48.5 Å². The number of halogens is 1. The van der Waals surface area contributed by atoms with E-state index in [1.165, 1.54) is 11.0 Å². The number of para-hydroxylation sites is 1. The first-order chi connectivity index (χ1) is 13.7. The number of nitro groups is 1. The van der Waals surface area contributed by atoms with Crippen LogP contribution in [0.2, 0.25) is 5.02 Å². The zero-order valence-electron chi connectivity index (χ0n) is 16.6. The van der Waals surface area contributed by atoms with Crippen molar-refractivity contribution in [3.8, 4) is 0 Å². The van der Waals surface area contributed by atoms with E-state index in [1.807, 2.05) is 19.9 Å². The minimum Gasteiger partial charge on any atom is -0.352 e. The van der Waals surface area contributed by atoms with E-state index in [2.05, 4.69) is 5.32 Å². The van der Waals surface area contributed by atoms with E-state index in [-0.39, 0.29) is 36.5 Å². The maximum absolute atomic E-state index is 13.1. The van der Waals surface area contributed by atoms with E-state index in [4.69, 9.17) is 11.6 Å². The summed E-state index contributed by atoms with van der Waals surface area (Å²) >= 11 is 6.05. The molecule has 0 fully saturated rings. The second-order valence-electron chi connectivity index (χ2n) is 7.05. The van der Waals surface area contributed by atoms with Gasteiger partial charge < -0.3 is 10.2 Å². The lowest BCUT2D eigenvalue weighted by molar-refractivity contribution is -0.385. The van der Waals surface area contributed by atoms with Crippen molar-refractivity contribution in [2.75, 3.05) is 0 Å². The van der Waals surface area contributed by atoms with Crippen LogP contribution in [-0.4, -0.2) is 33.7 Å². The number of benzene rings is 2. The van der Waals surface area contributed by atoms with Crippen LogP contribution in [0.4, 0.5) is 5.69 Å². The number of carbonyl (C=O) groups is 2. The van der Waals surface area contributed by atoms with E-state index in [1.54, 1.807) is 43.3 Å². The molecule has 2 rings (SSSR count). The molecule has 0 aliphatic rings. The summed E-state index contributed by atoms with van der Waals surface area (Å²) in [6.07, 6.45) is -0.184. The third-order valence-electron chi connectivity index (χ3n) is 4.37. The molecule has 8 heteroatoms. The molecule has 0 aromatic heterocycles. The molecule has 7 nitrogen and oxygen atoms in total. The number of amides is 2. The number of nitro benzene ring substituents is 1. The highest BCUT2D eigenvalue weighted by Gasteiger charge is 2.28. The molecule has 0 spiro atoms. The number of nitrogens with one attached hydrogen (secondary N) is 1. The van der Waals surface area contributed by atoms with Crippen molar-refractivity contribution in [1.82, 2.24) is 10.2 Å². The van der Waals surface area contributed by atoms with Crippen molar-refractivity contribution < 1.29 is 14.5 Å². The Kier molecular flexibility index (Phi) is 7.73. The Morgan fingerprint density at radius 2 is 1.83 bits per heavy atom. The van der Waals surface area contributed by atoms with Gasteiger partial charge in [0.25, 0.3) is 5.69 Å². The minimum atomic E-state index is -0.758. The fraction of sp³-hybridized carbons (Fsp3) is 0.333. The van der Waals surface area contributed by atoms with Gasteiger partial charge in [0.1, 0.15) is 6.04 Å². The molecule has 2 amide bonds. The van der Waals surface area contributed by atoms with Gasteiger partial charge in [0.15, 0.2) is 0 Å². The maximum Gasteiger partial charge on any atom is 0.273 e. The predicted molar refractivity (Wildman–Crippen MR) is 112 cm³/mol. The van der Waals surface area contributed by atoms with Gasteiger partial charge in [-0.05, 0) is 38.5 Å². The molecule has 2 aromatic carbocycles.